The Morgan fingerprint density at radius 1 is 1.00 bits per heavy atom. The highest BCUT2D eigenvalue weighted by Crippen LogP contribution is 2.00. The number of aromatic nitrogens is 1. The lowest BCUT2D eigenvalue weighted by atomic mass is 10.2. The summed E-state index contributed by atoms with van der Waals surface area (Å²) < 4.78 is 0. The van der Waals surface area contributed by atoms with E-state index in [-0.39, 0.29) is 18.4 Å². The number of carbonyl (C=O) groups excluding carboxylic acids is 3. The summed E-state index contributed by atoms with van der Waals surface area (Å²) in [7, 11) is 0. The van der Waals surface area contributed by atoms with Gasteiger partial charge in [-0.05, 0) is 31.2 Å². The fourth-order valence-electron chi connectivity index (χ4n) is 1.94. The minimum Gasteiger partial charge on any atom is -0.357 e. The van der Waals surface area contributed by atoms with Crippen LogP contribution in [0.15, 0.2) is 48.7 Å². The average molecular weight is 314 g/mol. The Bertz CT molecular complexity index is 668. The standard InChI is InChI=1S/C16H18N4O3/c1-11(18-15(22)12-6-3-2-4-7-12)10-14(21)19-20-16(23)13-8-5-9-17-13/h2-9,11,17H,10H2,1H3,(H,18,22)(H,19,21)(H,20,23). The molecule has 0 spiro atoms. The molecule has 0 aliphatic heterocycles. The molecule has 1 heterocycles. The summed E-state index contributed by atoms with van der Waals surface area (Å²) in [6, 6.07) is 11.6. The minimum atomic E-state index is -0.440. The van der Waals surface area contributed by atoms with Crippen molar-refractivity contribution >= 4 is 17.7 Å². The first-order chi connectivity index (χ1) is 11.1. The van der Waals surface area contributed by atoms with Crippen LogP contribution in [0.25, 0.3) is 0 Å². The van der Waals surface area contributed by atoms with Gasteiger partial charge in [0.2, 0.25) is 5.91 Å². The molecule has 2 aromatic rings. The normalized spacial score (nSPS) is 11.3. The molecule has 0 saturated heterocycles. The first-order valence-electron chi connectivity index (χ1n) is 7.14. The molecule has 0 fully saturated rings. The van der Waals surface area contributed by atoms with E-state index in [0.29, 0.717) is 11.3 Å². The van der Waals surface area contributed by atoms with Crippen LogP contribution in [0, 0.1) is 0 Å². The molecular weight excluding hydrogens is 296 g/mol. The third-order valence-corrected chi connectivity index (χ3v) is 3.06. The molecule has 1 unspecified atom stereocenters. The van der Waals surface area contributed by atoms with Gasteiger partial charge in [-0.15, -0.1) is 0 Å². The van der Waals surface area contributed by atoms with Crippen LogP contribution in [0.3, 0.4) is 0 Å². The van der Waals surface area contributed by atoms with Gasteiger partial charge in [0.15, 0.2) is 0 Å². The molecular formula is C16H18N4O3. The number of rotatable bonds is 5. The summed E-state index contributed by atoms with van der Waals surface area (Å²) in [6.07, 6.45) is 1.65. The van der Waals surface area contributed by atoms with Crippen LogP contribution in [0.1, 0.15) is 34.2 Å². The van der Waals surface area contributed by atoms with Crippen molar-refractivity contribution in [1.29, 1.82) is 0 Å². The van der Waals surface area contributed by atoms with Gasteiger partial charge in [-0.1, -0.05) is 18.2 Å². The number of carbonyl (C=O) groups is 3. The summed E-state index contributed by atoms with van der Waals surface area (Å²) in [5, 5.41) is 2.72. The van der Waals surface area contributed by atoms with Crippen LogP contribution in [-0.4, -0.2) is 28.7 Å². The van der Waals surface area contributed by atoms with Crippen LogP contribution in [0.4, 0.5) is 0 Å². The highest BCUT2D eigenvalue weighted by molar-refractivity contribution is 5.95. The molecule has 0 aliphatic rings. The molecule has 7 heteroatoms. The number of hydrogen-bond donors (Lipinski definition) is 4. The SMILES string of the molecule is CC(CC(=O)NNC(=O)c1ccc[nH]1)NC(=O)c1ccccc1. The predicted molar refractivity (Wildman–Crippen MR) is 84.4 cm³/mol. The first kappa shape index (κ1) is 16.3. The largest absolute Gasteiger partial charge is 0.357 e. The van der Waals surface area contributed by atoms with E-state index in [4.69, 9.17) is 0 Å². The van der Waals surface area contributed by atoms with Gasteiger partial charge in [0.25, 0.3) is 11.8 Å². The molecule has 0 saturated carbocycles. The lowest BCUT2D eigenvalue weighted by Crippen LogP contribution is -2.44. The van der Waals surface area contributed by atoms with Crippen molar-refractivity contribution in [2.75, 3.05) is 0 Å². The van der Waals surface area contributed by atoms with Crippen molar-refractivity contribution in [2.24, 2.45) is 0 Å². The van der Waals surface area contributed by atoms with Gasteiger partial charge in [0.05, 0.1) is 0 Å². The number of hydrogen-bond acceptors (Lipinski definition) is 3. The van der Waals surface area contributed by atoms with E-state index in [9.17, 15) is 14.4 Å². The van der Waals surface area contributed by atoms with E-state index in [1.165, 1.54) is 0 Å². The smallest absolute Gasteiger partial charge is 0.286 e. The maximum Gasteiger partial charge on any atom is 0.286 e. The van der Waals surface area contributed by atoms with Gasteiger partial charge < -0.3 is 10.3 Å². The number of hydrazine groups is 1. The summed E-state index contributed by atoms with van der Waals surface area (Å²) in [5.41, 5.74) is 5.47. The minimum absolute atomic E-state index is 0.0452. The maximum atomic E-state index is 11.9. The summed E-state index contributed by atoms with van der Waals surface area (Å²) in [6.45, 7) is 1.72. The molecule has 4 N–H and O–H groups in total. The second-order valence-corrected chi connectivity index (χ2v) is 5.03. The number of amides is 3. The average Bonchev–Trinajstić information content (AvgIpc) is 3.07. The molecule has 3 amide bonds. The first-order valence-corrected chi connectivity index (χ1v) is 7.14. The summed E-state index contributed by atoms with van der Waals surface area (Å²) >= 11 is 0. The van der Waals surface area contributed by atoms with Gasteiger partial charge in [-0.25, -0.2) is 0 Å². The second kappa shape index (κ2) is 7.79. The van der Waals surface area contributed by atoms with Crippen molar-refractivity contribution in [2.45, 2.75) is 19.4 Å². The Hall–Kier alpha value is -3.09. The van der Waals surface area contributed by atoms with Crippen molar-refractivity contribution in [3.8, 4) is 0 Å². The number of aromatic amines is 1. The van der Waals surface area contributed by atoms with Gasteiger partial charge in [-0.3, -0.25) is 25.2 Å². The summed E-state index contributed by atoms with van der Waals surface area (Å²) in [5.74, 6) is -1.09. The van der Waals surface area contributed by atoms with Crippen molar-refractivity contribution < 1.29 is 14.4 Å². The Morgan fingerprint density at radius 3 is 2.39 bits per heavy atom. The lowest BCUT2D eigenvalue weighted by Gasteiger charge is -2.14. The van der Waals surface area contributed by atoms with E-state index in [1.807, 2.05) is 6.07 Å². The molecule has 2 rings (SSSR count). The Morgan fingerprint density at radius 2 is 1.74 bits per heavy atom. The molecule has 0 radical (unpaired) electrons. The molecule has 23 heavy (non-hydrogen) atoms. The van der Waals surface area contributed by atoms with Crippen LogP contribution >= 0.6 is 0 Å². The Kier molecular flexibility index (Phi) is 5.51. The van der Waals surface area contributed by atoms with E-state index >= 15 is 0 Å². The van der Waals surface area contributed by atoms with Crippen molar-refractivity contribution in [3.05, 3.63) is 59.9 Å². The number of H-pyrrole nitrogens is 1. The van der Waals surface area contributed by atoms with E-state index < -0.39 is 11.8 Å². The topological polar surface area (TPSA) is 103 Å². The molecule has 7 nitrogen and oxygen atoms in total. The maximum absolute atomic E-state index is 11.9. The third-order valence-electron chi connectivity index (χ3n) is 3.06. The van der Waals surface area contributed by atoms with Crippen LogP contribution in [0.2, 0.25) is 0 Å². The van der Waals surface area contributed by atoms with Gasteiger partial charge >= 0.3 is 0 Å². The highest BCUT2D eigenvalue weighted by atomic mass is 16.2. The molecule has 120 valence electrons. The van der Waals surface area contributed by atoms with E-state index in [1.54, 1.807) is 49.5 Å². The zero-order chi connectivity index (χ0) is 16.7. The van der Waals surface area contributed by atoms with Gasteiger partial charge in [0, 0.05) is 24.2 Å². The van der Waals surface area contributed by atoms with E-state index in [2.05, 4.69) is 21.2 Å². The fourth-order valence-corrected chi connectivity index (χ4v) is 1.94. The zero-order valence-electron chi connectivity index (χ0n) is 12.6. The zero-order valence-corrected chi connectivity index (χ0v) is 12.6. The molecule has 1 atom stereocenters. The second-order valence-electron chi connectivity index (χ2n) is 5.03. The fraction of sp³-hybridized carbons (Fsp3) is 0.188. The molecule has 0 bridgehead atoms. The highest BCUT2D eigenvalue weighted by Gasteiger charge is 2.14. The predicted octanol–water partition coefficient (Wildman–Crippen LogP) is 0.984. The Labute approximate surface area is 133 Å². The lowest BCUT2D eigenvalue weighted by molar-refractivity contribution is -0.122. The van der Waals surface area contributed by atoms with Crippen LogP contribution in [0.5, 0.6) is 0 Å². The van der Waals surface area contributed by atoms with Gasteiger partial charge in [-0.2, -0.15) is 0 Å². The number of benzene rings is 1. The van der Waals surface area contributed by atoms with E-state index in [0.717, 1.165) is 0 Å². The quantitative estimate of drug-likeness (QED) is 0.619. The van der Waals surface area contributed by atoms with Gasteiger partial charge in [0.1, 0.15) is 5.69 Å². The van der Waals surface area contributed by atoms with Crippen LogP contribution < -0.4 is 16.2 Å². The third kappa shape index (κ3) is 4.99. The van der Waals surface area contributed by atoms with Crippen molar-refractivity contribution in [1.82, 2.24) is 21.2 Å². The summed E-state index contributed by atoms with van der Waals surface area (Å²) in [4.78, 5) is 38.1. The molecule has 1 aromatic heterocycles. The van der Waals surface area contributed by atoms with Crippen LogP contribution in [-0.2, 0) is 4.79 Å². The molecule has 1 aromatic carbocycles. The monoisotopic (exact) mass is 314 g/mol. The number of nitrogens with one attached hydrogen (secondary N) is 4. The van der Waals surface area contributed by atoms with Crippen molar-refractivity contribution in [3.63, 3.8) is 0 Å². The Balaban J connectivity index is 1.74. The molecule has 0 aliphatic carbocycles.